The van der Waals surface area contributed by atoms with Crippen LogP contribution in [0.3, 0.4) is 0 Å². The molecule has 0 spiro atoms. The van der Waals surface area contributed by atoms with Crippen LogP contribution in [0.2, 0.25) is 5.15 Å². The highest BCUT2D eigenvalue weighted by atomic mass is 35.5. The van der Waals surface area contributed by atoms with E-state index in [-0.39, 0.29) is 24.1 Å². The molecule has 90 valence electrons. The fourth-order valence-corrected chi connectivity index (χ4v) is 1.87. The van der Waals surface area contributed by atoms with Crippen molar-refractivity contribution in [3.8, 4) is 0 Å². The Hall–Kier alpha value is -0.960. The predicted molar refractivity (Wildman–Crippen MR) is 59.5 cm³/mol. The Morgan fingerprint density at radius 1 is 1.44 bits per heavy atom. The molecule has 0 atom stereocenters. The van der Waals surface area contributed by atoms with Crippen LogP contribution >= 0.6 is 11.6 Å². The van der Waals surface area contributed by atoms with Gasteiger partial charge in [-0.25, -0.2) is 9.97 Å². The highest BCUT2D eigenvalue weighted by Crippen LogP contribution is 2.14. The van der Waals surface area contributed by atoms with E-state index >= 15 is 0 Å². The first-order valence-corrected chi connectivity index (χ1v) is 6.14. The van der Waals surface area contributed by atoms with Gasteiger partial charge in [-0.3, -0.25) is 4.72 Å². The molecule has 0 aliphatic heterocycles. The van der Waals surface area contributed by atoms with Crippen LogP contribution in [0.15, 0.2) is 12.4 Å². The summed E-state index contributed by atoms with van der Waals surface area (Å²) in [6.45, 7) is 0.429. The van der Waals surface area contributed by atoms with Gasteiger partial charge in [-0.1, -0.05) is 11.6 Å². The average Bonchev–Trinajstić information content (AvgIpc) is 2.21. The number of nitrogens with zero attached hydrogens (tertiary/aromatic N) is 2. The number of hydrogen-bond acceptors (Lipinski definition) is 5. The lowest BCUT2D eigenvalue weighted by atomic mass is 10.7. The number of nitrogens with one attached hydrogen (secondary N) is 2. The zero-order valence-corrected chi connectivity index (χ0v) is 10.0. The number of anilines is 1. The molecule has 0 aromatic carbocycles. The van der Waals surface area contributed by atoms with Gasteiger partial charge in [0.25, 0.3) is 10.2 Å². The number of ether oxygens (including phenoxy) is 1. The van der Waals surface area contributed by atoms with Crippen molar-refractivity contribution in [2.24, 2.45) is 0 Å². The van der Waals surface area contributed by atoms with Crippen LogP contribution in [0.1, 0.15) is 0 Å². The van der Waals surface area contributed by atoms with Gasteiger partial charge < -0.3 is 4.74 Å². The lowest BCUT2D eigenvalue weighted by molar-refractivity contribution is 0.204. The molecule has 16 heavy (non-hydrogen) atoms. The summed E-state index contributed by atoms with van der Waals surface area (Å²) in [5.74, 6) is -0.0194. The van der Waals surface area contributed by atoms with E-state index in [4.69, 9.17) is 16.3 Å². The zero-order chi connectivity index (χ0) is 12.0. The van der Waals surface area contributed by atoms with Gasteiger partial charge in [0.05, 0.1) is 6.61 Å². The Morgan fingerprint density at radius 3 is 2.75 bits per heavy atom. The van der Waals surface area contributed by atoms with Crippen LogP contribution in [-0.4, -0.2) is 38.6 Å². The molecule has 2 N–H and O–H groups in total. The SMILES string of the molecule is COCCNS(=O)(=O)Nc1nccnc1Cl. The third-order valence-electron chi connectivity index (χ3n) is 1.48. The van der Waals surface area contributed by atoms with Crippen LogP contribution in [-0.2, 0) is 14.9 Å². The summed E-state index contributed by atoms with van der Waals surface area (Å²) in [5, 5.41) is -0.0142. The quantitative estimate of drug-likeness (QED) is 0.708. The Bertz CT molecular complexity index is 439. The monoisotopic (exact) mass is 266 g/mol. The van der Waals surface area contributed by atoms with Crippen molar-refractivity contribution in [1.29, 1.82) is 0 Å². The van der Waals surface area contributed by atoms with E-state index < -0.39 is 10.2 Å². The first kappa shape index (κ1) is 13.1. The standard InChI is InChI=1S/C7H11ClN4O3S/c1-15-5-4-11-16(13,14)12-7-6(8)9-2-3-10-7/h2-3,11H,4-5H2,1H3,(H,10,12). The second-order valence-electron chi connectivity index (χ2n) is 2.69. The minimum atomic E-state index is -3.70. The lowest BCUT2D eigenvalue weighted by Gasteiger charge is -2.08. The van der Waals surface area contributed by atoms with Crippen LogP contribution < -0.4 is 9.44 Å². The van der Waals surface area contributed by atoms with E-state index in [2.05, 4.69) is 19.4 Å². The Balaban J connectivity index is 2.63. The van der Waals surface area contributed by atoms with Crippen molar-refractivity contribution < 1.29 is 13.2 Å². The number of halogens is 1. The van der Waals surface area contributed by atoms with Gasteiger partial charge in [0.1, 0.15) is 0 Å². The highest BCUT2D eigenvalue weighted by molar-refractivity contribution is 7.90. The Morgan fingerprint density at radius 2 is 2.12 bits per heavy atom. The molecule has 0 aliphatic rings. The van der Waals surface area contributed by atoms with Crippen LogP contribution in [0.25, 0.3) is 0 Å². The van der Waals surface area contributed by atoms with Gasteiger partial charge in [-0.15, -0.1) is 0 Å². The molecule has 0 saturated heterocycles. The molecule has 1 heterocycles. The van der Waals surface area contributed by atoms with Crippen molar-refractivity contribution in [3.63, 3.8) is 0 Å². The fraction of sp³-hybridized carbons (Fsp3) is 0.429. The predicted octanol–water partition coefficient (Wildman–Crippen LogP) is 0.0227. The van der Waals surface area contributed by atoms with Crippen molar-refractivity contribution in [2.75, 3.05) is 25.0 Å². The van der Waals surface area contributed by atoms with Crippen molar-refractivity contribution >= 4 is 27.6 Å². The molecule has 0 fully saturated rings. The smallest absolute Gasteiger partial charge is 0.300 e. The first-order valence-electron chi connectivity index (χ1n) is 4.28. The molecule has 9 heteroatoms. The minimum absolute atomic E-state index is 0.0142. The van der Waals surface area contributed by atoms with Crippen LogP contribution in [0, 0.1) is 0 Å². The summed E-state index contributed by atoms with van der Waals surface area (Å²) in [7, 11) is -2.22. The summed E-state index contributed by atoms with van der Waals surface area (Å²) in [6.07, 6.45) is 2.69. The molecule has 0 aliphatic carbocycles. The van der Waals surface area contributed by atoms with E-state index in [0.717, 1.165) is 0 Å². The Labute approximate surface area is 98.4 Å². The van der Waals surface area contributed by atoms with Crippen molar-refractivity contribution in [3.05, 3.63) is 17.5 Å². The first-order chi connectivity index (χ1) is 7.55. The summed E-state index contributed by atoms with van der Waals surface area (Å²) in [5.41, 5.74) is 0. The molecule has 1 rings (SSSR count). The molecule has 0 amide bonds. The van der Waals surface area contributed by atoms with E-state index in [9.17, 15) is 8.42 Å². The summed E-state index contributed by atoms with van der Waals surface area (Å²) < 4.78 is 31.9. The summed E-state index contributed by atoms with van der Waals surface area (Å²) in [4.78, 5) is 7.42. The maximum atomic E-state index is 11.4. The lowest BCUT2D eigenvalue weighted by Crippen LogP contribution is -2.33. The van der Waals surface area contributed by atoms with E-state index in [1.807, 2.05) is 0 Å². The Kier molecular flexibility index (Phi) is 4.87. The molecular weight excluding hydrogens is 256 g/mol. The van der Waals surface area contributed by atoms with Gasteiger partial charge >= 0.3 is 0 Å². The van der Waals surface area contributed by atoms with Gasteiger partial charge in [0, 0.05) is 26.0 Å². The summed E-state index contributed by atoms with van der Waals surface area (Å²) in [6, 6.07) is 0. The molecule has 0 saturated carbocycles. The van der Waals surface area contributed by atoms with Gasteiger partial charge in [0.15, 0.2) is 11.0 Å². The number of methoxy groups -OCH3 is 1. The fourth-order valence-electron chi connectivity index (χ4n) is 0.831. The van der Waals surface area contributed by atoms with E-state index in [1.54, 1.807) is 0 Å². The molecule has 0 radical (unpaired) electrons. The van der Waals surface area contributed by atoms with E-state index in [0.29, 0.717) is 0 Å². The molecule has 0 unspecified atom stereocenters. The third kappa shape index (κ3) is 4.27. The van der Waals surface area contributed by atoms with Crippen molar-refractivity contribution in [1.82, 2.24) is 14.7 Å². The summed E-state index contributed by atoms with van der Waals surface area (Å²) >= 11 is 5.64. The normalized spacial score (nSPS) is 11.4. The number of rotatable bonds is 6. The van der Waals surface area contributed by atoms with Gasteiger partial charge in [0.2, 0.25) is 0 Å². The molecule has 7 nitrogen and oxygen atoms in total. The second-order valence-corrected chi connectivity index (χ2v) is 4.55. The molecule has 0 bridgehead atoms. The molecule has 1 aromatic rings. The zero-order valence-electron chi connectivity index (χ0n) is 8.47. The molecule has 1 aromatic heterocycles. The van der Waals surface area contributed by atoms with Crippen LogP contribution in [0.5, 0.6) is 0 Å². The largest absolute Gasteiger partial charge is 0.383 e. The van der Waals surface area contributed by atoms with Crippen LogP contribution in [0.4, 0.5) is 5.82 Å². The van der Waals surface area contributed by atoms with E-state index in [1.165, 1.54) is 19.5 Å². The van der Waals surface area contributed by atoms with Crippen molar-refractivity contribution in [2.45, 2.75) is 0 Å². The molecular formula is C7H11ClN4O3S. The third-order valence-corrected chi connectivity index (χ3v) is 2.81. The topological polar surface area (TPSA) is 93.2 Å². The highest BCUT2D eigenvalue weighted by Gasteiger charge is 2.12. The maximum absolute atomic E-state index is 11.4. The maximum Gasteiger partial charge on any atom is 0.300 e. The number of aromatic nitrogens is 2. The minimum Gasteiger partial charge on any atom is -0.383 e. The van der Waals surface area contributed by atoms with Gasteiger partial charge in [-0.05, 0) is 0 Å². The average molecular weight is 267 g/mol. The van der Waals surface area contributed by atoms with Gasteiger partial charge in [-0.2, -0.15) is 13.1 Å². The number of hydrogen-bond donors (Lipinski definition) is 2. The second kappa shape index (κ2) is 5.94.